The molecule has 0 aliphatic rings. The minimum atomic E-state index is 0.627. The van der Waals surface area contributed by atoms with E-state index in [2.05, 4.69) is 46.7 Å². The van der Waals surface area contributed by atoms with Gasteiger partial charge in [0.15, 0.2) is 5.76 Å². The minimum absolute atomic E-state index is 0.627. The molecule has 26 heavy (non-hydrogen) atoms. The van der Waals surface area contributed by atoms with Crippen molar-refractivity contribution in [2.24, 2.45) is 0 Å². The van der Waals surface area contributed by atoms with Gasteiger partial charge in [-0.2, -0.15) is 4.68 Å². The van der Waals surface area contributed by atoms with Crippen LogP contribution >= 0.6 is 11.8 Å². The fourth-order valence-electron chi connectivity index (χ4n) is 2.55. The molecule has 0 fully saturated rings. The van der Waals surface area contributed by atoms with E-state index in [4.69, 9.17) is 4.52 Å². The summed E-state index contributed by atoms with van der Waals surface area (Å²) in [4.78, 5) is 0. The van der Waals surface area contributed by atoms with Crippen LogP contribution in [0.2, 0.25) is 0 Å². The second kappa shape index (κ2) is 7.13. The van der Waals surface area contributed by atoms with Gasteiger partial charge in [-0.05, 0) is 47.5 Å². The van der Waals surface area contributed by atoms with Crippen molar-refractivity contribution in [1.29, 1.82) is 0 Å². The van der Waals surface area contributed by atoms with Crippen LogP contribution in [0.15, 0.2) is 64.3 Å². The van der Waals surface area contributed by atoms with Crippen molar-refractivity contribution in [1.82, 2.24) is 25.4 Å². The van der Waals surface area contributed by atoms with E-state index in [0.29, 0.717) is 5.75 Å². The summed E-state index contributed by atoms with van der Waals surface area (Å²) in [6.45, 7) is 4.17. The fraction of sp³-hybridized carbons (Fsp3) is 0.158. The quantitative estimate of drug-likeness (QED) is 0.494. The van der Waals surface area contributed by atoms with Crippen LogP contribution in [0, 0.1) is 13.8 Å². The molecule has 0 spiro atoms. The Morgan fingerprint density at radius 2 is 1.85 bits per heavy atom. The maximum atomic E-state index is 5.44. The number of rotatable bonds is 5. The zero-order chi connectivity index (χ0) is 17.9. The summed E-state index contributed by atoms with van der Waals surface area (Å²) in [5.41, 5.74) is 5.26. The van der Waals surface area contributed by atoms with E-state index >= 15 is 0 Å². The fourth-order valence-corrected chi connectivity index (χ4v) is 3.32. The van der Waals surface area contributed by atoms with Gasteiger partial charge >= 0.3 is 0 Å². The van der Waals surface area contributed by atoms with E-state index in [9.17, 15) is 0 Å². The molecule has 7 heteroatoms. The lowest BCUT2D eigenvalue weighted by atomic mass is 10.1. The summed E-state index contributed by atoms with van der Waals surface area (Å²) in [6.07, 6.45) is 0. The zero-order valence-corrected chi connectivity index (χ0v) is 15.3. The third kappa shape index (κ3) is 3.39. The Labute approximate surface area is 155 Å². The maximum absolute atomic E-state index is 5.44. The summed E-state index contributed by atoms with van der Waals surface area (Å²) < 4.78 is 7.19. The Bertz CT molecular complexity index is 1030. The first kappa shape index (κ1) is 16.5. The van der Waals surface area contributed by atoms with Crippen LogP contribution in [0.1, 0.15) is 16.8 Å². The number of hydrogen-bond donors (Lipinski definition) is 0. The number of tetrazole rings is 1. The van der Waals surface area contributed by atoms with Crippen LogP contribution in [0.3, 0.4) is 0 Å². The van der Waals surface area contributed by atoms with E-state index in [1.165, 1.54) is 22.9 Å². The monoisotopic (exact) mass is 363 g/mol. The average molecular weight is 363 g/mol. The topological polar surface area (TPSA) is 69.6 Å². The molecule has 2 heterocycles. The molecule has 2 aromatic heterocycles. The Hall–Kier alpha value is -2.93. The summed E-state index contributed by atoms with van der Waals surface area (Å²) in [5, 5.41) is 16.9. The van der Waals surface area contributed by atoms with E-state index < -0.39 is 0 Å². The van der Waals surface area contributed by atoms with Gasteiger partial charge in [-0.25, -0.2) is 0 Å². The molecule has 0 N–H and O–H groups in total. The number of hydrogen-bond acceptors (Lipinski definition) is 6. The van der Waals surface area contributed by atoms with Crippen LogP contribution in [0.25, 0.3) is 17.0 Å². The van der Waals surface area contributed by atoms with Crippen molar-refractivity contribution in [3.8, 4) is 17.0 Å². The van der Waals surface area contributed by atoms with Crippen molar-refractivity contribution in [3.05, 3.63) is 71.4 Å². The standard InChI is InChI=1S/C19H17N5OS/c1-13-8-9-17(10-14(13)2)24-19(20-22-23-24)26-12-16-11-18(25-21-16)15-6-4-3-5-7-15/h3-11H,12H2,1-2H3. The molecule has 0 aliphatic heterocycles. The molecule has 4 rings (SSSR count). The third-order valence-electron chi connectivity index (χ3n) is 4.14. The van der Waals surface area contributed by atoms with Gasteiger partial charge in [-0.3, -0.25) is 0 Å². The van der Waals surface area contributed by atoms with Crippen molar-refractivity contribution in [3.63, 3.8) is 0 Å². The summed E-state index contributed by atoms with van der Waals surface area (Å²) in [6, 6.07) is 18.1. The van der Waals surface area contributed by atoms with Crippen LogP contribution in [0.5, 0.6) is 0 Å². The van der Waals surface area contributed by atoms with E-state index in [1.54, 1.807) is 4.68 Å². The molecule has 0 aliphatic carbocycles. The number of aryl methyl sites for hydroxylation is 2. The lowest BCUT2D eigenvalue weighted by molar-refractivity contribution is 0.426. The molecule has 0 saturated heterocycles. The molecule has 2 aromatic carbocycles. The highest BCUT2D eigenvalue weighted by molar-refractivity contribution is 7.98. The first-order valence-corrected chi connectivity index (χ1v) is 9.19. The number of benzene rings is 2. The highest BCUT2D eigenvalue weighted by Crippen LogP contribution is 2.26. The molecule has 0 unspecified atom stereocenters. The number of thioether (sulfide) groups is 1. The first-order chi connectivity index (χ1) is 12.7. The normalized spacial score (nSPS) is 11.0. The number of aromatic nitrogens is 5. The van der Waals surface area contributed by atoms with Crippen molar-refractivity contribution in [2.75, 3.05) is 0 Å². The van der Waals surface area contributed by atoms with E-state index in [0.717, 1.165) is 27.9 Å². The minimum Gasteiger partial charge on any atom is -0.356 e. The molecule has 0 radical (unpaired) electrons. The second-order valence-corrected chi connectivity index (χ2v) is 6.92. The van der Waals surface area contributed by atoms with Crippen LogP contribution < -0.4 is 0 Å². The summed E-state index contributed by atoms with van der Waals surface area (Å²) >= 11 is 1.52. The van der Waals surface area contributed by atoms with E-state index in [-0.39, 0.29) is 0 Å². The Balaban J connectivity index is 1.50. The lowest BCUT2D eigenvalue weighted by Gasteiger charge is -2.06. The van der Waals surface area contributed by atoms with Gasteiger partial charge in [0, 0.05) is 17.4 Å². The highest BCUT2D eigenvalue weighted by atomic mass is 32.2. The molecule has 0 saturated carbocycles. The summed E-state index contributed by atoms with van der Waals surface area (Å²) in [7, 11) is 0. The molecule has 0 amide bonds. The van der Waals surface area contributed by atoms with Gasteiger partial charge in [0.1, 0.15) is 0 Å². The van der Waals surface area contributed by atoms with E-state index in [1.807, 2.05) is 42.5 Å². The van der Waals surface area contributed by atoms with Gasteiger partial charge in [-0.15, -0.1) is 5.10 Å². The molecule has 4 aromatic rings. The van der Waals surface area contributed by atoms with Crippen molar-refractivity contribution in [2.45, 2.75) is 24.8 Å². The largest absolute Gasteiger partial charge is 0.356 e. The molecule has 130 valence electrons. The first-order valence-electron chi connectivity index (χ1n) is 8.20. The summed E-state index contributed by atoms with van der Waals surface area (Å²) in [5.74, 6) is 1.39. The molecular weight excluding hydrogens is 346 g/mol. The van der Waals surface area contributed by atoms with Crippen LogP contribution in [-0.4, -0.2) is 25.4 Å². The molecule has 0 atom stereocenters. The molecule has 6 nitrogen and oxygen atoms in total. The van der Waals surface area contributed by atoms with Crippen LogP contribution in [-0.2, 0) is 5.75 Å². The maximum Gasteiger partial charge on any atom is 0.214 e. The SMILES string of the molecule is Cc1ccc(-n2nnnc2SCc2cc(-c3ccccc3)on2)cc1C. The predicted molar refractivity (Wildman–Crippen MR) is 100 cm³/mol. The van der Waals surface area contributed by atoms with Gasteiger partial charge < -0.3 is 4.52 Å². The van der Waals surface area contributed by atoms with Gasteiger partial charge in [0.05, 0.1) is 11.4 Å². The molecule has 0 bridgehead atoms. The van der Waals surface area contributed by atoms with Gasteiger partial charge in [-0.1, -0.05) is 53.3 Å². The third-order valence-corrected chi connectivity index (χ3v) is 5.10. The Morgan fingerprint density at radius 1 is 1.00 bits per heavy atom. The Morgan fingerprint density at radius 3 is 2.65 bits per heavy atom. The highest BCUT2D eigenvalue weighted by Gasteiger charge is 2.12. The smallest absolute Gasteiger partial charge is 0.214 e. The number of nitrogens with zero attached hydrogens (tertiary/aromatic N) is 5. The van der Waals surface area contributed by atoms with Gasteiger partial charge in [0.2, 0.25) is 5.16 Å². The van der Waals surface area contributed by atoms with Crippen molar-refractivity contribution < 1.29 is 4.52 Å². The zero-order valence-electron chi connectivity index (χ0n) is 14.5. The lowest BCUT2D eigenvalue weighted by Crippen LogP contribution is -2.00. The predicted octanol–water partition coefficient (Wildman–Crippen LogP) is 4.23. The van der Waals surface area contributed by atoms with Crippen LogP contribution in [0.4, 0.5) is 0 Å². The Kier molecular flexibility index (Phi) is 4.53. The second-order valence-electron chi connectivity index (χ2n) is 5.98. The average Bonchev–Trinajstić information content (AvgIpc) is 3.32. The van der Waals surface area contributed by atoms with Crippen molar-refractivity contribution >= 4 is 11.8 Å². The van der Waals surface area contributed by atoms with Gasteiger partial charge in [0.25, 0.3) is 0 Å². The molecular formula is C19H17N5OS.